The summed E-state index contributed by atoms with van der Waals surface area (Å²) in [5, 5.41) is 7.22. The molecule has 3 nitrogen and oxygen atoms in total. The third-order valence-corrected chi connectivity index (χ3v) is 4.14. The van der Waals surface area contributed by atoms with Crippen molar-refractivity contribution in [2.24, 2.45) is 0 Å². The fourth-order valence-electron chi connectivity index (χ4n) is 3.01. The highest BCUT2D eigenvalue weighted by atomic mass is 15.1. The third kappa shape index (κ3) is 5.36. The SMILES string of the molecule is C1CCCN(CCNC2CCCNCC2)CC1. The van der Waals surface area contributed by atoms with E-state index in [0.717, 1.165) is 6.04 Å². The third-order valence-electron chi connectivity index (χ3n) is 4.14. The van der Waals surface area contributed by atoms with Gasteiger partial charge in [-0.05, 0) is 58.3 Å². The van der Waals surface area contributed by atoms with Crippen molar-refractivity contribution >= 4 is 0 Å². The minimum Gasteiger partial charge on any atom is -0.317 e. The standard InChI is InChI=1S/C14H29N3/c1-2-4-12-17(11-3-1)13-10-16-14-6-5-8-15-9-7-14/h14-16H,1-13H2. The quantitative estimate of drug-likeness (QED) is 0.780. The molecule has 0 aromatic carbocycles. The van der Waals surface area contributed by atoms with E-state index < -0.39 is 0 Å². The summed E-state index contributed by atoms with van der Waals surface area (Å²) in [6, 6.07) is 0.761. The normalized spacial score (nSPS) is 28.6. The zero-order valence-electron chi connectivity index (χ0n) is 11.2. The van der Waals surface area contributed by atoms with E-state index in [0.29, 0.717) is 0 Å². The van der Waals surface area contributed by atoms with Gasteiger partial charge in [0.1, 0.15) is 0 Å². The molecule has 2 rings (SSSR count). The van der Waals surface area contributed by atoms with Gasteiger partial charge in [0.2, 0.25) is 0 Å². The molecule has 1 atom stereocenters. The van der Waals surface area contributed by atoms with Crippen LogP contribution in [0, 0.1) is 0 Å². The lowest BCUT2D eigenvalue weighted by atomic mass is 10.1. The second-order valence-corrected chi connectivity index (χ2v) is 5.59. The molecular weight excluding hydrogens is 210 g/mol. The fraction of sp³-hybridized carbons (Fsp3) is 1.00. The van der Waals surface area contributed by atoms with E-state index in [4.69, 9.17) is 0 Å². The monoisotopic (exact) mass is 239 g/mol. The summed E-state index contributed by atoms with van der Waals surface area (Å²) in [5.74, 6) is 0. The molecule has 0 aromatic heterocycles. The topological polar surface area (TPSA) is 27.3 Å². The minimum absolute atomic E-state index is 0.761. The van der Waals surface area contributed by atoms with E-state index in [9.17, 15) is 0 Å². The van der Waals surface area contributed by atoms with Gasteiger partial charge in [0.25, 0.3) is 0 Å². The van der Waals surface area contributed by atoms with Crippen molar-refractivity contribution in [3.8, 4) is 0 Å². The zero-order valence-corrected chi connectivity index (χ0v) is 11.2. The van der Waals surface area contributed by atoms with Crippen LogP contribution in [0.5, 0.6) is 0 Å². The van der Waals surface area contributed by atoms with Crippen LogP contribution in [0.4, 0.5) is 0 Å². The number of hydrogen-bond acceptors (Lipinski definition) is 3. The van der Waals surface area contributed by atoms with Gasteiger partial charge in [-0.25, -0.2) is 0 Å². The van der Waals surface area contributed by atoms with Gasteiger partial charge in [-0.15, -0.1) is 0 Å². The molecule has 0 spiro atoms. The van der Waals surface area contributed by atoms with Crippen LogP contribution in [0.2, 0.25) is 0 Å². The molecule has 0 radical (unpaired) electrons. The van der Waals surface area contributed by atoms with Crippen LogP contribution < -0.4 is 10.6 Å². The molecule has 0 bridgehead atoms. The molecule has 2 heterocycles. The van der Waals surface area contributed by atoms with Crippen LogP contribution in [0.3, 0.4) is 0 Å². The molecule has 0 aliphatic carbocycles. The van der Waals surface area contributed by atoms with Gasteiger partial charge in [-0.1, -0.05) is 12.8 Å². The van der Waals surface area contributed by atoms with Crippen LogP contribution in [0.1, 0.15) is 44.9 Å². The molecule has 17 heavy (non-hydrogen) atoms. The van der Waals surface area contributed by atoms with Crippen LogP contribution in [0.25, 0.3) is 0 Å². The van der Waals surface area contributed by atoms with Crippen LogP contribution in [-0.4, -0.2) is 50.2 Å². The fourth-order valence-corrected chi connectivity index (χ4v) is 3.01. The first-order chi connectivity index (χ1) is 8.45. The van der Waals surface area contributed by atoms with E-state index in [1.807, 2.05) is 0 Å². The molecule has 2 aliphatic heterocycles. The molecule has 2 saturated heterocycles. The van der Waals surface area contributed by atoms with Gasteiger partial charge in [0.05, 0.1) is 0 Å². The largest absolute Gasteiger partial charge is 0.317 e. The second-order valence-electron chi connectivity index (χ2n) is 5.59. The number of hydrogen-bond donors (Lipinski definition) is 2. The summed E-state index contributed by atoms with van der Waals surface area (Å²) < 4.78 is 0. The predicted octanol–water partition coefficient (Wildman–Crippen LogP) is 1.59. The van der Waals surface area contributed by atoms with Crippen molar-refractivity contribution in [2.45, 2.75) is 51.0 Å². The van der Waals surface area contributed by atoms with Crippen LogP contribution in [-0.2, 0) is 0 Å². The highest BCUT2D eigenvalue weighted by Crippen LogP contribution is 2.09. The predicted molar refractivity (Wildman–Crippen MR) is 73.4 cm³/mol. The number of nitrogens with one attached hydrogen (secondary N) is 2. The molecule has 2 fully saturated rings. The summed E-state index contributed by atoms with van der Waals surface area (Å²) in [6.07, 6.45) is 9.70. The summed E-state index contributed by atoms with van der Waals surface area (Å²) in [5.41, 5.74) is 0. The Morgan fingerprint density at radius 2 is 1.76 bits per heavy atom. The van der Waals surface area contributed by atoms with E-state index in [-0.39, 0.29) is 0 Å². The lowest BCUT2D eigenvalue weighted by Gasteiger charge is -2.22. The number of likely N-dealkylation sites (tertiary alicyclic amines) is 1. The number of nitrogens with zero attached hydrogens (tertiary/aromatic N) is 1. The molecule has 2 aliphatic rings. The molecule has 2 N–H and O–H groups in total. The molecule has 0 saturated carbocycles. The smallest absolute Gasteiger partial charge is 0.0107 e. The summed E-state index contributed by atoms with van der Waals surface area (Å²) in [6.45, 7) is 7.50. The summed E-state index contributed by atoms with van der Waals surface area (Å²) in [4.78, 5) is 2.65. The van der Waals surface area contributed by atoms with Crippen molar-refractivity contribution in [3.05, 3.63) is 0 Å². The molecule has 3 heteroatoms. The molecule has 1 unspecified atom stereocenters. The van der Waals surface area contributed by atoms with Crippen LogP contribution in [0.15, 0.2) is 0 Å². The van der Waals surface area contributed by atoms with Crippen molar-refractivity contribution < 1.29 is 0 Å². The average molecular weight is 239 g/mol. The van der Waals surface area contributed by atoms with Gasteiger partial charge in [0, 0.05) is 19.1 Å². The van der Waals surface area contributed by atoms with Gasteiger partial charge in [-0.2, -0.15) is 0 Å². The second kappa shape index (κ2) is 8.06. The molecule has 0 aromatic rings. The molecule has 100 valence electrons. The van der Waals surface area contributed by atoms with Crippen molar-refractivity contribution in [3.63, 3.8) is 0 Å². The Morgan fingerprint density at radius 3 is 2.59 bits per heavy atom. The Kier molecular flexibility index (Phi) is 6.32. The van der Waals surface area contributed by atoms with Crippen LogP contribution >= 0.6 is 0 Å². The van der Waals surface area contributed by atoms with Crippen molar-refractivity contribution in [2.75, 3.05) is 39.3 Å². The Morgan fingerprint density at radius 1 is 0.941 bits per heavy atom. The summed E-state index contributed by atoms with van der Waals surface area (Å²) in [7, 11) is 0. The Bertz CT molecular complexity index is 160. The highest BCUT2D eigenvalue weighted by Gasteiger charge is 2.12. The lowest BCUT2D eigenvalue weighted by Crippen LogP contribution is -2.38. The van der Waals surface area contributed by atoms with Gasteiger partial charge >= 0.3 is 0 Å². The first-order valence-corrected chi connectivity index (χ1v) is 7.61. The van der Waals surface area contributed by atoms with E-state index in [2.05, 4.69) is 15.5 Å². The Hall–Kier alpha value is -0.120. The van der Waals surface area contributed by atoms with E-state index >= 15 is 0 Å². The Labute approximate surface area is 106 Å². The molecule has 0 amide bonds. The Balaban J connectivity index is 1.57. The van der Waals surface area contributed by atoms with Gasteiger partial charge < -0.3 is 15.5 Å². The maximum absolute atomic E-state index is 3.75. The van der Waals surface area contributed by atoms with Crippen molar-refractivity contribution in [1.82, 2.24) is 15.5 Å². The molecular formula is C14H29N3. The summed E-state index contributed by atoms with van der Waals surface area (Å²) >= 11 is 0. The first-order valence-electron chi connectivity index (χ1n) is 7.61. The van der Waals surface area contributed by atoms with Gasteiger partial charge in [-0.3, -0.25) is 0 Å². The number of rotatable bonds is 4. The van der Waals surface area contributed by atoms with E-state index in [1.54, 1.807) is 0 Å². The average Bonchev–Trinajstić information content (AvgIpc) is 2.73. The minimum atomic E-state index is 0.761. The highest BCUT2D eigenvalue weighted by molar-refractivity contribution is 4.73. The maximum Gasteiger partial charge on any atom is 0.0107 e. The lowest BCUT2D eigenvalue weighted by molar-refractivity contribution is 0.277. The first kappa shape index (κ1) is 13.3. The zero-order chi connectivity index (χ0) is 11.8. The van der Waals surface area contributed by atoms with Gasteiger partial charge in [0.15, 0.2) is 0 Å². The maximum atomic E-state index is 3.75. The van der Waals surface area contributed by atoms with E-state index in [1.165, 1.54) is 84.2 Å². The van der Waals surface area contributed by atoms with Crippen molar-refractivity contribution in [1.29, 1.82) is 0 Å².